The summed E-state index contributed by atoms with van der Waals surface area (Å²) in [4.78, 5) is 0. The molecule has 1 N–H and O–H groups in total. The summed E-state index contributed by atoms with van der Waals surface area (Å²) in [5.41, 5.74) is 1.50. The van der Waals surface area contributed by atoms with E-state index in [2.05, 4.69) is 5.32 Å². The van der Waals surface area contributed by atoms with E-state index in [1.165, 1.54) is 0 Å². The van der Waals surface area contributed by atoms with E-state index in [-0.39, 0.29) is 0 Å². The van der Waals surface area contributed by atoms with Crippen LogP contribution >= 0.6 is 19.2 Å². The van der Waals surface area contributed by atoms with Crippen LogP contribution in [0.1, 0.15) is 25.2 Å². The van der Waals surface area contributed by atoms with Crippen LogP contribution in [0.15, 0.2) is 54.6 Å². The predicted molar refractivity (Wildman–Crippen MR) is 95.1 cm³/mol. The lowest BCUT2D eigenvalue weighted by Gasteiger charge is -2.28. The Bertz CT molecular complexity index is 656. The van der Waals surface area contributed by atoms with Crippen molar-refractivity contribution in [3.05, 3.63) is 65.2 Å². The largest absolute Gasteiger partial charge is 0.367 e. The molecule has 23 heavy (non-hydrogen) atoms. The number of rotatable bonds is 8. The molecule has 1 unspecified atom stereocenters. The molecule has 0 radical (unpaired) electrons. The second-order valence-electron chi connectivity index (χ2n) is 4.81. The van der Waals surface area contributed by atoms with Crippen LogP contribution in [0.25, 0.3) is 0 Å². The molecule has 0 aromatic heterocycles. The molecular formula is C17H21ClNO3P. The van der Waals surface area contributed by atoms with Gasteiger partial charge in [-0.3, -0.25) is 4.57 Å². The van der Waals surface area contributed by atoms with E-state index in [0.29, 0.717) is 23.9 Å². The Hall–Kier alpha value is -1.32. The normalized spacial score (nSPS) is 12.8. The first-order valence-corrected chi connectivity index (χ1v) is 9.54. The van der Waals surface area contributed by atoms with Gasteiger partial charge in [0.05, 0.1) is 23.9 Å². The highest BCUT2D eigenvalue weighted by atomic mass is 35.5. The average Bonchev–Trinajstić information content (AvgIpc) is 2.55. The molecular weight excluding hydrogens is 333 g/mol. The molecule has 6 heteroatoms. The molecule has 124 valence electrons. The summed E-state index contributed by atoms with van der Waals surface area (Å²) < 4.78 is 24.3. The maximum Gasteiger partial charge on any atom is 0.357 e. The van der Waals surface area contributed by atoms with Gasteiger partial charge in [0.25, 0.3) is 0 Å². The maximum absolute atomic E-state index is 13.3. The molecule has 1 atom stereocenters. The number of benzene rings is 2. The van der Waals surface area contributed by atoms with Crippen molar-refractivity contribution in [2.75, 3.05) is 18.5 Å². The Morgan fingerprint density at radius 2 is 1.57 bits per heavy atom. The minimum atomic E-state index is -3.41. The van der Waals surface area contributed by atoms with E-state index in [9.17, 15) is 4.57 Å². The Labute approximate surface area is 142 Å². The quantitative estimate of drug-likeness (QED) is 0.617. The lowest BCUT2D eigenvalue weighted by Crippen LogP contribution is -2.15. The van der Waals surface area contributed by atoms with Gasteiger partial charge in [-0.05, 0) is 31.5 Å². The van der Waals surface area contributed by atoms with Gasteiger partial charge in [0, 0.05) is 0 Å². The van der Waals surface area contributed by atoms with Crippen LogP contribution in [0.3, 0.4) is 0 Å². The summed E-state index contributed by atoms with van der Waals surface area (Å²) >= 11 is 6.23. The molecule has 0 aliphatic carbocycles. The van der Waals surface area contributed by atoms with E-state index < -0.39 is 13.4 Å². The van der Waals surface area contributed by atoms with Gasteiger partial charge in [-0.25, -0.2) is 0 Å². The van der Waals surface area contributed by atoms with Crippen molar-refractivity contribution in [2.45, 2.75) is 19.6 Å². The second-order valence-corrected chi connectivity index (χ2v) is 7.33. The number of anilines is 1. The molecule has 2 aromatic carbocycles. The van der Waals surface area contributed by atoms with Crippen LogP contribution in [0.2, 0.25) is 5.02 Å². The van der Waals surface area contributed by atoms with Gasteiger partial charge in [-0.1, -0.05) is 54.1 Å². The van der Waals surface area contributed by atoms with Crippen LogP contribution in [0.4, 0.5) is 5.69 Å². The molecule has 0 spiro atoms. The predicted octanol–water partition coefficient (Wildman–Crippen LogP) is 5.72. The smallest absolute Gasteiger partial charge is 0.357 e. The van der Waals surface area contributed by atoms with Crippen LogP contribution in [-0.4, -0.2) is 13.2 Å². The summed E-state index contributed by atoms with van der Waals surface area (Å²) in [7, 11) is -3.41. The van der Waals surface area contributed by atoms with E-state index in [4.69, 9.17) is 20.6 Å². The third kappa shape index (κ3) is 4.58. The molecule has 0 heterocycles. The zero-order chi connectivity index (χ0) is 16.7. The molecule has 0 fully saturated rings. The van der Waals surface area contributed by atoms with Crippen molar-refractivity contribution in [1.82, 2.24) is 0 Å². The summed E-state index contributed by atoms with van der Waals surface area (Å²) in [6.45, 7) is 4.18. The number of para-hydroxylation sites is 1. The standard InChI is InChI=1S/C17H21ClNO3P/c1-3-21-23(20,22-4-2)17(14-10-6-5-7-11-14)19-16-13-9-8-12-15(16)18/h5-13,17,19H,3-4H2,1-2H3. The van der Waals surface area contributed by atoms with E-state index >= 15 is 0 Å². The van der Waals surface area contributed by atoms with Crippen LogP contribution < -0.4 is 5.32 Å². The maximum atomic E-state index is 13.3. The topological polar surface area (TPSA) is 47.6 Å². The highest BCUT2D eigenvalue weighted by Crippen LogP contribution is 2.60. The zero-order valence-corrected chi connectivity index (χ0v) is 14.9. The first-order valence-electron chi connectivity index (χ1n) is 7.55. The molecule has 0 bridgehead atoms. The molecule has 0 saturated carbocycles. The van der Waals surface area contributed by atoms with Gasteiger partial charge in [0.15, 0.2) is 5.78 Å². The molecule has 0 amide bonds. The SMILES string of the molecule is CCOP(=O)(OCC)C(Nc1ccccc1Cl)c1ccccc1. The van der Waals surface area contributed by atoms with Crippen molar-refractivity contribution >= 4 is 24.9 Å². The first-order chi connectivity index (χ1) is 11.1. The molecule has 0 aliphatic heterocycles. The summed E-state index contributed by atoms with van der Waals surface area (Å²) in [6, 6.07) is 16.8. The minimum absolute atomic E-state index is 0.296. The zero-order valence-electron chi connectivity index (χ0n) is 13.2. The van der Waals surface area contributed by atoms with E-state index in [0.717, 1.165) is 5.56 Å². The first kappa shape index (κ1) is 18.0. The van der Waals surface area contributed by atoms with Crippen molar-refractivity contribution in [3.63, 3.8) is 0 Å². The molecule has 0 saturated heterocycles. The Morgan fingerprint density at radius 3 is 2.13 bits per heavy atom. The monoisotopic (exact) mass is 353 g/mol. The fraction of sp³-hybridized carbons (Fsp3) is 0.294. The number of halogens is 1. The number of hydrogen-bond acceptors (Lipinski definition) is 4. The van der Waals surface area contributed by atoms with Gasteiger partial charge in [0.2, 0.25) is 0 Å². The van der Waals surface area contributed by atoms with Crippen molar-refractivity contribution in [1.29, 1.82) is 0 Å². The van der Waals surface area contributed by atoms with Gasteiger partial charge in [0.1, 0.15) is 0 Å². The summed E-state index contributed by atoms with van der Waals surface area (Å²) in [5, 5.41) is 3.78. The molecule has 2 aromatic rings. The van der Waals surface area contributed by atoms with Gasteiger partial charge in [-0.2, -0.15) is 0 Å². The summed E-state index contributed by atoms with van der Waals surface area (Å²) in [5.74, 6) is -0.636. The van der Waals surface area contributed by atoms with Crippen molar-refractivity contribution < 1.29 is 13.6 Å². The third-order valence-corrected chi connectivity index (χ3v) is 5.84. The number of hydrogen-bond donors (Lipinski definition) is 1. The van der Waals surface area contributed by atoms with Gasteiger partial charge >= 0.3 is 7.60 Å². The van der Waals surface area contributed by atoms with Crippen LogP contribution in [-0.2, 0) is 13.6 Å². The second kappa shape index (κ2) is 8.51. The van der Waals surface area contributed by atoms with E-state index in [1.54, 1.807) is 19.9 Å². The highest BCUT2D eigenvalue weighted by Gasteiger charge is 2.37. The van der Waals surface area contributed by atoms with Crippen molar-refractivity contribution in [2.24, 2.45) is 0 Å². The molecule has 0 aliphatic rings. The van der Waals surface area contributed by atoms with Crippen LogP contribution in [0.5, 0.6) is 0 Å². The fourth-order valence-corrected chi connectivity index (χ4v) is 4.37. The Balaban J connectivity index is 2.43. The Kier molecular flexibility index (Phi) is 6.67. The number of nitrogens with one attached hydrogen (secondary N) is 1. The van der Waals surface area contributed by atoms with Gasteiger partial charge < -0.3 is 14.4 Å². The van der Waals surface area contributed by atoms with Crippen LogP contribution in [0, 0.1) is 0 Å². The van der Waals surface area contributed by atoms with E-state index in [1.807, 2.05) is 48.5 Å². The third-order valence-electron chi connectivity index (χ3n) is 3.22. The minimum Gasteiger partial charge on any atom is -0.367 e. The molecule has 2 rings (SSSR count). The Morgan fingerprint density at radius 1 is 1.00 bits per heavy atom. The average molecular weight is 354 g/mol. The highest BCUT2D eigenvalue weighted by molar-refractivity contribution is 7.54. The fourth-order valence-electron chi connectivity index (χ4n) is 2.25. The lowest BCUT2D eigenvalue weighted by atomic mass is 10.2. The lowest BCUT2D eigenvalue weighted by molar-refractivity contribution is 0.214. The van der Waals surface area contributed by atoms with Gasteiger partial charge in [-0.15, -0.1) is 0 Å². The summed E-state index contributed by atoms with van der Waals surface area (Å²) in [6.07, 6.45) is 0. The molecule has 4 nitrogen and oxygen atoms in total. The van der Waals surface area contributed by atoms with Crippen molar-refractivity contribution in [3.8, 4) is 0 Å².